The molecule has 0 bridgehead atoms. The van der Waals surface area contributed by atoms with Crippen molar-refractivity contribution in [2.24, 2.45) is 5.92 Å². The molecule has 0 aromatic carbocycles. The average molecular weight is 266 g/mol. The number of aliphatic hydroxyl groups is 1. The highest BCUT2D eigenvalue weighted by Gasteiger charge is 2.10. The quantitative estimate of drug-likeness (QED) is 0.707. The molecule has 0 aliphatic rings. The van der Waals surface area contributed by atoms with E-state index in [9.17, 15) is 5.11 Å². The van der Waals surface area contributed by atoms with Crippen LogP contribution in [0.25, 0.3) is 0 Å². The third kappa shape index (κ3) is 5.42. The molecule has 0 radical (unpaired) electrons. The molecule has 1 heterocycles. The van der Waals surface area contributed by atoms with E-state index in [1.165, 1.54) is 0 Å². The van der Waals surface area contributed by atoms with Gasteiger partial charge in [-0.25, -0.2) is 9.97 Å². The monoisotopic (exact) mass is 266 g/mol. The topological polar surface area (TPSA) is 70.1 Å². The SMILES string of the molecule is CNc1cc(NCC(O)CC(C)C)nc(C(C)C)n1. The molecule has 5 nitrogen and oxygen atoms in total. The fourth-order valence-corrected chi connectivity index (χ4v) is 1.79. The first kappa shape index (κ1) is 15.7. The summed E-state index contributed by atoms with van der Waals surface area (Å²) in [5.74, 6) is 3.11. The minimum atomic E-state index is -0.351. The van der Waals surface area contributed by atoms with Gasteiger partial charge in [-0.1, -0.05) is 27.7 Å². The van der Waals surface area contributed by atoms with E-state index in [1.54, 1.807) is 0 Å². The molecule has 5 heteroatoms. The lowest BCUT2D eigenvalue weighted by Gasteiger charge is -2.15. The Kier molecular flexibility index (Phi) is 6.02. The lowest BCUT2D eigenvalue weighted by Crippen LogP contribution is -2.22. The average Bonchev–Trinajstić information content (AvgIpc) is 2.35. The Labute approximate surface area is 115 Å². The van der Waals surface area contributed by atoms with Crippen LogP contribution in [-0.4, -0.2) is 34.8 Å². The van der Waals surface area contributed by atoms with Crippen molar-refractivity contribution >= 4 is 11.6 Å². The highest BCUT2D eigenvalue weighted by Crippen LogP contribution is 2.17. The molecule has 3 N–H and O–H groups in total. The van der Waals surface area contributed by atoms with Gasteiger partial charge in [0.15, 0.2) is 0 Å². The number of nitrogens with zero attached hydrogens (tertiary/aromatic N) is 2. The Hall–Kier alpha value is -1.36. The summed E-state index contributed by atoms with van der Waals surface area (Å²) >= 11 is 0. The lowest BCUT2D eigenvalue weighted by atomic mass is 10.1. The Bertz CT molecular complexity index is 393. The van der Waals surface area contributed by atoms with Crippen molar-refractivity contribution in [3.8, 4) is 0 Å². The molecule has 1 rings (SSSR count). The van der Waals surface area contributed by atoms with Gasteiger partial charge in [-0.2, -0.15) is 0 Å². The minimum absolute atomic E-state index is 0.273. The first-order chi connectivity index (χ1) is 8.92. The van der Waals surface area contributed by atoms with Crippen molar-refractivity contribution in [1.29, 1.82) is 0 Å². The molecule has 108 valence electrons. The highest BCUT2D eigenvalue weighted by molar-refractivity contribution is 5.47. The van der Waals surface area contributed by atoms with E-state index in [0.29, 0.717) is 12.5 Å². The summed E-state index contributed by atoms with van der Waals surface area (Å²) in [6.07, 6.45) is 0.434. The second kappa shape index (κ2) is 7.28. The molecule has 0 spiro atoms. The first-order valence-electron chi connectivity index (χ1n) is 6.91. The van der Waals surface area contributed by atoms with Crippen molar-refractivity contribution in [2.45, 2.75) is 46.1 Å². The molecule has 0 saturated heterocycles. The van der Waals surface area contributed by atoms with Crippen LogP contribution in [-0.2, 0) is 0 Å². The summed E-state index contributed by atoms with van der Waals surface area (Å²) in [6, 6.07) is 1.86. The van der Waals surface area contributed by atoms with E-state index >= 15 is 0 Å². The van der Waals surface area contributed by atoms with Gasteiger partial charge in [-0.15, -0.1) is 0 Å². The largest absolute Gasteiger partial charge is 0.391 e. The smallest absolute Gasteiger partial charge is 0.135 e. The van der Waals surface area contributed by atoms with Crippen LogP contribution >= 0.6 is 0 Å². The minimum Gasteiger partial charge on any atom is -0.391 e. The van der Waals surface area contributed by atoms with Crippen molar-refractivity contribution < 1.29 is 5.11 Å². The predicted molar refractivity (Wildman–Crippen MR) is 79.6 cm³/mol. The highest BCUT2D eigenvalue weighted by atomic mass is 16.3. The zero-order chi connectivity index (χ0) is 14.4. The molecule has 19 heavy (non-hydrogen) atoms. The molecule has 1 unspecified atom stereocenters. The second-order valence-electron chi connectivity index (χ2n) is 5.57. The molecule has 1 aromatic heterocycles. The Balaban J connectivity index is 2.69. The van der Waals surface area contributed by atoms with Crippen molar-refractivity contribution in [1.82, 2.24) is 9.97 Å². The fraction of sp³-hybridized carbons (Fsp3) is 0.714. The summed E-state index contributed by atoms with van der Waals surface area (Å²) < 4.78 is 0. The van der Waals surface area contributed by atoms with Gasteiger partial charge in [0.05, 0.1) is 6.10 Å². The molecule has 0 aliphatic heterocycles. The van der Waals surface area contributed by atoms with E-state index in [1.807, 2.05) is 13.1 Å². The molecule has 1 aromatic rings. The summed E-state index contributed by atoms with van der Waals surface area (Å²) in [4.78, 5) is 8.86. The molecule has 0 fully saturated rings. The first-order valence-corrected chi connectivity index (χ1v) is 6.91. The van der Waals surface area contributed by atoms with Gasteiger partial charge in [-0.3, -0.25) is 0 Å². The summed E-state index contributed by atoms with van der Waals surface area (Å²) in [7, 11) is 1.84. The third-order valence-electron chi connectivity index (χ3n) is 2.78. The Morgan fingerprint density at radius 1 is 1.16 bits per heavy atom. The van der Waals surface area contributed by atoms with Gasteiger partial charge in [0.25, 0.3) is 0 Å². The maximum Gasteiger partial charge on any atom is 0.135 e. The van der Waals surface area contributed by atoms with Crippen molar-refractivity contribution in [3.63, 3.8) is 0 Å². The van der Waals surface area contributed by atoms with Crippen LogP contribution in [0.3, 0.4) is 0 Å². The molecular formula is C14H26N4O. The van der Waals surface area contributed by atoms with Crippen LogP contribution in [0, 0.1) is 5.92 Å². The Morgan fingerprint density at radius 3 is 2.32 bits per heavy atom. The van der Waals surface area contributed by atoms with Crippen LogP contribution in [0.1, 0.15) is 45.9 Å². The van der Waals surface area contributed by atoms with E-state index in [-0.39, 0.29) is 12.0 Å². The molecule has 0 amide bonds. The number of hydrogen-bond donors (Lipinski definition) is 3. The van der Waals surface area contributed by atoms with Gasteiger partial charge in [0.2, 0.25) is 0 Å². The Morgan fingerprint density at radius 2 is 1.79 bits per heavy atom. The zero-order valence-corrected chi connectivity index (χ0v) is 12.6. The van der Waals surface area contributed by atoms with Crippen molar-refractivity contribution in [3.05, 3.63) is 11.9 Å². The number of aromatic nitrogens is 2. The van der Waals surface area contributed by atoms with Gasteiger partial charge < -0.3 is 15.7 Å². The molecule has 0 saturated carbocycles. The number of aliphatic hydroxyl groups excluding tert-OH is 1. The molecule has 0 aliphatic carbocycles. The fourth-order valence-electron chi connectivity index (χ4n) is 1.79. The third-order valence-corrected chi connectivity index (χ3v) is 2.78. The van der Waals surface area contributed by atoms with Crippen LogP contribution in [0.2, 0.25) is 0 Å². The normalized spacial score (nSPS) is 12.8. The number of nitrogens with one attached hydrogen (secondary N) is 2. The van der Waals surface area contributed by atoms with Gasteiger partial charge in [-0.05, 0) is 12.3 Å². The van der Waals surface area contributed by atoms with E-state index in [0.717, 1.165) is 23.9 Å². The molecular weight excluding hydrogens is 240 g/mol. The van der Waals surface area contributed by atoms with Crippen LogP contribution in [0.5, 0.6) is 0 Å². The maximum absolute atomic E-state index is 9.86. The van der Waals surface area contributed by atoms with E-state index in [2.05, 4.69) is 48.3 Å². The van der Waals surface area contributed by atoms with Crippen LogP contribution < -0.4 is 10.6 Å². The number of rotatable bonds is 7. The van der Waals surface area contributed by atoms with Crippen LogP contribution in [0.15, 0.2) is 6.07 Å². The second-order valence-corrected chi connectivity index (χ2v) is 5.57. The predicted octanol–water partition coefficient (Wildman–Crippen LogP) is 2.46. The van der Waals surface area contributed by atoms with Crippen LogP contribution in [0.4, 0.5) is 11.6 Å². The number of hydrogen-bond acceptors (Lipinski definition) is 5. The standard InChI is InChI=1S/C14H26N4O/c1-9(2)6-11(19)8-16-13-7-12(15-5)17-14(18-13)10(3)4/h7,9-11,19H,6,8H2,1-5H3,(H2,15,16,17,18). The summed E-state index contributed by atoms with van der Waals surface area (Å²) in [5.41, 5.74) is 0. The summed E-state index contributed by atoms with van der Waals surface area (Å²) in [5, 5.41) is 16.1. The zero-order valence-electron chi connectivity index (χ0n) is 12.6. The van der Waals surface area contributed by atoms with Gasteiger partial charge in [0.1, 0.15) is 17.5 Å². The van der Waals surface area contributed by atoms with Crippen molar-refractivity contribution in [2.75, 3.05) is 24.2 Å². The number of anilines is 2. The van der Waals surface area contributed by atoms with Gasteiger partial charge >= 0.3 is 0 Å². The van der Waals surface area contributed by atoms with Gasteiger partial charge in [0, 0.05) is 25.6 Å². The maximum atomic E-state index is 9.86. The van der Waals surface area contributed by atoms with E-state index in [4.69, 9.17) is 0 Å². The summed E-state index contributed by atoms with van der Waals surface area (Å²) in [6.45, 7) is 8.84. The molecule has 1 atom stereocenters. The van der Waals surface area contributed by atoms with E-state index < -0.39 is 0 Å². The lowest BCUT2D eigenvalue weighted by molar-refractivity contribution is 0.161.